The number of nitrogens with zero attached hydrogens (tertiary/aromatic N) is 1. The van der Waals surface area contributed by atoms with Crippen LogP contribution in [-0.4, -0.2) is 43.0 Å². The van der Waals surface area contributed by atoms with E-state index in [0.29, 0.717) is 18.2 Å². The monoisotopic (exact) mass is 311 g/mol. The summed E-state index contributed by atoms with van der Waals surface area (Å²) in [4.78, 5) is 10.7. The van der Waals surface area contributed by atoms with Crippen LogP contribution in [0.2, 0.25) is 0 Å². The molecule has 1 saturated heterocycles. The minimum absolute atomic E-state index is 0.142. The van der Waals surface area contributed by atoms with E-state index in [1.165, 1.54) is 24.3 Å². The molecule has 6 nitrogen and oxygen atoms in total. The zero-order valence-electron chi connectivity index (χ0n) is 11.4. The molecule has 1 aromatic carbocycles. The average Bonchev–Trinajstić information content (AvgIpc) is 3.08. The molecular formula is C14H17NO5S. The Kier molecular flexibility index (Phi) is 3.62. The molecule has 21 heavy (non-hydrogen) atoms. The summed E-state index contributed by atoms with van der Waals surface area (Å²) in [5.41, 5.74) is 0. The maximum atomic E-state index is 12.6. The van der Waals surface area contributed by atoms with Gasteiger partial charge in [0.25, 0.3) is 0 Å². The number of rotatable bonds is 5. The summed E-state index contributed by atoms with van der Waals surface area (Å²) < 4.78 is 31.8. The first kappa shape index (κ1) is 14.3. The fourth-order valence-corrected chi connectivity index (χ4v) is 4.90. The Morgan fingerprint density at radius 3 is 2.52 bits per heavy atom. The highest BCUT2D eigenvalue weighted by atomic mass is 32.2. The molecule has 2 unspecified atom stereocenters. The molecule has 1 aliphatic carbocycles. The molecule has 2 aliphatic rings. The SMILES string of the molecule is O=C(O)COc1ccc(S(=O)(=O)N2CC3CCC2C3)cc1. The summed E-state index contributed by atoms with van der Waals surface area (Å²) in [5, 5.41) is 8.54. The number of fused-ring (bicyclic) bond motifs is 2. The van der Waals surface area contributed by atoms with E-state index in [9.17, 15) is 13.2 Å². The van der Waals surface area contributed by atoms with Crippen molar-refractivity contribution in [1.29, 1.82) is 0 Å². The molecule has 1 aromatic rings. The number of hydrogen-bond donors (Lipinski definition) is 1. The normalized spacial score (nSPS) is 25.1. The predicted molar refractivity (Wildman–Crippen MR) is 74.6 cm³/mol. The maximum absolute atomic E-state index is 12.6. The van der Waals surface area contributed by atoms with E-state index in [2.05, 4.69) is 0 Å². The zero-order chi connectivity index (χ0) is 15.0. The van der Waals surface area contributed by atoms with Gasteiger partial charge in [-0.1, -0.05) is 0 Å². The van der Waals surface area contributed by atoms with Crippen molar-refractivity contribution < 1.29 is 23.1 Å². The number of carbonyl (C=O) groups is 1. The molecule has 114 valence electrons. The van der Waals surface area contributed by atoms with Gasteiger partial charge in [-0.3, -0.25) is 0 Å². The van der Waals surface area contributed by atoms with Crippen LogP contribution in [-0.2, 0) is 14.8 Å². The lowest BCUT2D eigenvalue weighted by atomic mass is 10.1. The Morgan fingerprint density at radius 2 is 2.00 bits per heavy atom. The van der Waals surface area contributed by atoms with Crippen LogP contribution < -0.4 is 4.74 Å². The fraction of sp³-hybridized carbons (Fsp3) is 0.500. The number of aliphatic carboxylic acids is 1. The second kappa shape index (κ2) is 5.31. The summed E-state index contributed by atoms with van der Waals surface area (Å²) in [5.74, 6) is -0.220. The van der Waals surface area contributed by atoms with Crippen molar-refractivity contribution in [3.05, 3.63) is 24.3 Å². The smallest absolute Gasteiger partial charge is 0.341 e. The molecule has 3 rings (SSSR count). The number of carboxylic acids is 1. The summed E-state index contributed by atoms with van der Waals surface area (Å²) in [6, 6.07) is 6.06. The van der Waals surface area contributed by atoms with Crippen LogP contribution in [0.3, 0.4) is 0 Å². The molecule has 1 heterocycles. The predicted octanol–water partition coefficient (Wildman–Crippen LogP) is 1.32. The van der Waals surface area contributed by atoms with E-state index in [0.717, 1.165) is 19.3 Å². The molecule has 2 bridgehead atoms. The van der Waals surface area contributed by atoms with Crippen LogP contribution in [0, 0.1) is 5.92 Å². The molecule has 0 spiro atoms. The highest BCUT2D eigenvalue weighted by Crippen LogP contribution is 2.40. The second-order valence-corrected chi connectivity index (χ2v) is 7.45. The van der Waals surface area contributed by atoms with Crippen molar-refractivity contribution in [2.75, 3.05) is 13.2 Å². The van der Waals surface area contributed by atoms with Gasteiger partial charge in [0.05, 0.1) is 4.90 Å². The van der Waals surface area contributed by atoms with Gasteiger partial charge < -0.3 is 9.84 Å². The highest BCUT2D eigenvalue weighted by Gasteiger charge is 2.44. The van der Waals surface area contributed by atoms with Crippen LogP contribution in [0.5, 0.6) is 5.75 Å². The van der Waals surface area contributed by atoms with Crippen molar-refractivity contribution >= 4 is 16.0 Å². The van der Waals surface area contributed by atoms with E-state index in [-0.39, 0.29) is 10.9 Å². The first-order valence-corrected chi connectivity index (χ1v) is 8.37. The first-order valence-electron chi connectivity index (χ1n) is 6.93. The topological polar surface area (TPSA) is 83.9 Å². The lowest BCUT2D eigenvalue weighted by molar-refractivity contribution is -0.139. The first-order chi connectivity index (χ1) is 9.96. The molecule has 2 atom stereocenters. The number of benzene rings is 1. The van der Waals surface area contributed by atoms with Crippen LogP contribution in [0.4, 0.5) is 0 Å². The van der Waals surface area contributed by atoms with E-state index >= 15 is 0 Å². The van der Waals surface area contributed by atoms with Crippen molar-refractivity contribution in [3.63, 3.8) is 0 Å². The van der Waals surface area contributed by atoms with Crippen LogP contribution in [0.15, 0.2) is 29.2 Å². The highest BCUT2D eigenvalue weighted by molar-refractivity contribution is 7.89. The molecule has 0 amide bonds. The zero-order valence-corrected chi connectivity index (χ0v) is 12.3. The molecule has 7 heteroatoms. The summed E-state index contributed by atoms with van der Waals surface area (Å²) in [6.07, 6.45) is 3.04. The maximum Gasteiger partial charge on any atom is 0.341 e. The van der Waals surface area contributed by atoms with Gasteiger partial charge in [0, 0.05) is 12.6 Å². The molecule has 0 radical (unpaired) electrons. The molecule has 1 aliphatic heterocycles. The quantitative estimate of drug-likeness (QED) is 0.886. The van der Waals surface area contributed by atoms with Crippen LogP contribution >= 0.6 is 0 Å². The van der Waals surface area contributed by atoms with Crippen molar-refractivity contribution in [1.82, 2.24) is 4.31 Å². The fourth-order valence-electron chi connectivity index (χ4n) is 3.16. The van der Waals surface area contributed by atoms with Gasteiger partial charge >= 0.3 is 5.97 Å². The van der Waals surface area contributed by atoms with Gasteiger partial charge in [0.15, 0.2) is 6.61 Å². The Labute approximate surface area is 123 Å². The largest absolute Gasteiger partial charge is 0.482 e. The Hall–Kier alpha value is -1.60. The standard InChI is InChI=1S/C14H17NO5S/c16-14(17)9-20-12-3-5-13(6-4-12)21(18,19)15-8-10-1-2-11(15)7-10/h3-6,10-11H,1-2,7-9H2,(H,16,17). The third kappa shape index (κ3) is 2.75. The van der Waals surface area contributed by atoms with Gasteiger partial charge in [0.2, 0.25) is 10.0 Å². The van der Waals surface area contributed by atoms with E-state index in [4.69, 9.17) is 9.84 Å². The van der Waals surface area contributed by atoms with Crippen LogP contribution in [0.25, 0.3) is 0 Å². The van der Waals surface area contributed by atoms with E-state index < -0.39 is 22.6 Å². The Bertz CT molecular complexity index is 640. The second-order valence-electron chi connectivity index (χ2n) is 5.56. The van der Waals surface area contributed by atoms with Gasteiger partial charge in [-0.25, -0.2) is 13.2 Å². The number of piperidine rings is 1. The van der Waals surface area contributed by atoms with E-state index in [1.807, 2.05) is 0 Å². The van der Waals surface area contributed by atoms with E-state index in [1.54, 1.807) is 4.31 Å². The third-order valence-corrected chi connectivity index (χ3v) is 6.08. The molecule has 2 fully saturated rings. The summed E-state index contributed by atoms with van der Waals surface area (Å²) >= 11 is 0. The Balaban J connectivity index is 1.75. The van der Waals surface area contributed by atoms with Gasteiger partial charge in [-0.05, 0) is 49.4 Å². The average molecular weight is 311 g/mol. The summed E-state index contributed by atoms with van der Waals surface area (Å²) in [6.45, 7) is 0.173. The third-order valence-electron chi connectivity index (χ3n) is 4.15. The van der Waals surface area contributed by atoms with Crippen LogP contribution in [0.1, 0.15) is 19.3 Å². The van der Waals surface area contributed by atoms with Crippen molar-refractivity contribution in [3.8, 4) is 5.75 Å². The van der Waals surface area contributed by atoms with Gasteiger partial charge in [0.1, 0.15) is 5.75 Å². The molecule has 0 aromatic heterocycles. The Morgan fingerprint density at radius 1 is 1.29 bits per heavy atom. The molecule has 1 N–H and O–H groups in total. The van der Waals surface area contributed by atoms with Crippen molar-refractivity contribution in [2.24, 2.45) is 5.92 Å². The summed E-state index contributed by atoms with van der Waals surface area (Å²) in [7, 11) is -3.46. The molecule has 1 saturated carbocycles. The minimum atomic E-state index is -3.46. The number of sulfonamides is 1. The molecular weight excluding hydrogens is 294 g/mol. The number of ether oxygens (including phenoxy) is 1. The van der Waals surface area contributed by atoms with Gasteiger partial charge in [-0.2, -0.15) is 4.31 Å². The lowest BCUT2D eigenvalue weighted by Gasteiger charge is -2.26. The number of hydrogen-bond acceptors (Lipinski definition) is 4. The van der Waals surface area contributed by atoms with Gasteiger partial charge in [-0.15, -0.1) is 0 Å². The van der Waals surface area contributed by atoms with Crippen molar-refractivity contribution in [2.45, 2.75) is 30.2 Å². The minimum Gasteiger partial charge on any atom is -0.482 e. The number of carboxylic acid groups (broad SMARTS) is 1. The lowest BCUT2D eigenvalue weighted by Crippen LogP contribution is -2.37.